The van der Waals surface area contributed by atoms with Gasteiger partial charge in [0.1, 0.15) is 23.6 Å². The maximum Gasteiger partial charge on any atom is 0.257 e. The van der Waals surface area contributed by atoms with Gasteiger partial charge in [0.05, 0.1) is 12.6 Å². The summed E-state index contributed by atoms with van der Waals surface area (Å²) in [7, 11) is 0. The molecule has 3 fully saturated rings. The van der Waals surface area contributed by atoms with Crippen molar-refractivity contribution in [2.75, 3.05) is 19.7 Å². The number of hydrogen-bond acceptors (Lipinski definition) is 4. The van der Waals surface area contributed by atoms with Gasteiger partial charge in [0.2, 0.25) is 0 Å². The number of halogens is 2. The normalized spacial score (nSPS) is 25.3. The van der Waals surface area contributed by atoms with Gasteiger partial charge in [0, 0.05) is 44.0 Å². The van der Waals surface area contributed by atoms with Crippen molar-refractivity contribution in [1.29, 1.82) is 0 Å². The van der Waals surface area contributed by atoms with Gasteiger partial charge < -0.3 is 19.3 Å². The third-order valence-corrected chi connectivity index (χ3v) is 7.38. The highest BCUT2D eigenvalue weighted by Gasteiger charge is 2.58. The molecule has 0 bridgehead atoms. The summed E-state index contributed by atoms with van der Waals surface area (Å²) in [6.45, 7) is 1.47. The van der Waals surface area contributed by atoms with E-state index in [-0.39, 0.29) is 11.8 Å². The summed E-state index contributed by atoms with van der Waals surface area (Å²) in [5, 5.41) is 0. The molecule has 1 spiro atoms. The van der Waals surface area contributed by atoms with E-state index in [0.29, 0.717) is 56.5 Å². The first-order valence-corrected chi connectivity index (χ1v) is 11.5. The van der Waals surface area contributed by atoms with Gasteiger partial charge in [-0.05, 0) is 54.3 Å². The summed E-state index contributed by atoms with van der Waals surface area (Å²) in [4.78, 5) is 30.0. The van der Waals surface area contributed by atoms with Gasteiger partial charge in [-0.1, -0.05) is 0 Å². The molecule has 2 aromatic rings. The van der Waals surface area contributed by atoms with E-state index in [9.17, 15) is 18.4 Å². The summed E-state index contributed by atoms with van der Waals surface area (Å²) in [6, 6.07) is 8.53. The Morgan fingerprint density at radius 2 is 1.79 bits per heavy atom. The van der Waals surface area contributed by atoms with Crippen LogP contribution in [0.3, 0.4) is 0 Å². The number of fused-ring (bicyclic) bond motifs is 2. The zero-order chi connectivity index (χ0) is 22.7. The molecule has 172 valence electrons. The van der Waals surface area contributed by atoms with E-state index in [1.165, 1.54) is 12.1 Å². The summed E-state index contributed by atoms with van der Waals surface area (Å²) in [5.41, 5.74) is 1.15. The van der Waals surface area contributed by atoms with Crippen LogP contribution in [0, 0.1) is 11.6 Å². The second-order valence-corrected chi connectivity index (χ2v) is 9.29. The number of nitrogens with zero attached hydrogens (tertiary/aromatic N) is 2. The van der Waals surface area contributed by atoms with E-state index < -0.39 is 29.5 Å². The second-order valence-electron chi connectivity index (χ2n) is 9.29. The number of benzene rings is 2. The van der Waals surface area contributed by atoms with Crippen molar-refractivity contribution in [3.05, 3.63) is 64.7 Å². The van der Waals surface area contributed by atoms with Crippen LogP contribution in [0.2, 0.25) is 0 Å². The van der Waals surface area contributed by atoms with Crippen LogP contribution in [0.4, 0.5) is 8.78 Å². The Labute approximate surface area is 190 Å². The number of rotatable bonds is 2. The minimum atomic E-state index is -0.974. The molecule has 8 heteroatoms. The molecule has 4 heterocycles. The van der Waals surface area contributed by atoms with Crippen molar-refractivity contribution in [2.45, 2.75) is 50.0 Å². The second kappa shape index (κ2) is 7.52. The number of ether oxygens (including phenoxy) is 2. The summed E-state index contributed by atoms with van der Waals surface area (Å²) in [6.07, 6.45) is 2.44. The van der Waals surface area contributed by atoms with Gasteiger partial charge in [0.15, 0.2) is 5.60 Å². The largest absolute Gasteiger partial charge is 0.493 e. The first kappa shape index (κ1) is 20.6. The van der Waals surface area contributed by atoms with E-state index in [4.69, 9.17) is 9.47 Å². The Morgan fingerprint density at radius 3 is 2.55 bits per heavy atom. The number of carbonyl (C=O) groups excluding carboxylic acids is 2. The number of hydrogen-bond donors (Lipinski definition) is 0. The first-order valence-electron chi connectivity index (χ1n) is 11.5. The molecule has 6 rings (SSSR count). The number of likely N-dealkylation sites (tertiary alicyclic amines) is 1. The number of piperidine rings is 1. The fourth-order valence-electron chi connectivity index (χ4n) is 5.71. The van der Waals surface area contributed by atoms with Crippen LogP contribution < -0.4 is 4.74 Å². The molecule has 0 aliphatic carbocycles. The van der Waals surface area contributed by atoms with Gasteiger partial charge in [0.25, 0.3) is 11.8 Å². The van der Waals surface area contributed by atoms with Crippen molar-refractivity contribution in [2.24, 2.45) is 0 Å². The van der Waals surface area contributed by atoms with Gasteiger partial charge in [-0.2, -0.15) is 0 Å². The van der Waals surface area contributed by atoms with Crippen LogP contribution in [-0.2, 0) is 16.0 Å². The molecule has 6 nitrogen and oxygen atoms in total. The van der Waals surface area contributed by atoms with Crippen molar-refractivity contribution >= 4 is 11.8 Å². The van der Waals surface area contributed by atoms with Gasteiger partial charge in [-0.3, -0.25) is 9.59 Å². The quantitative estimate of drug-likeness (QED) is 0.696. The van der Waals surface area contributed by atoms with Gasteiger partial charge in [-0.15, -0.1) is 0 Å². The number of amides is 2. The molecular formula is C25H24F2N2O4. The van der Waals surface area contributed by atoms with E-state index in [0.717, 1.165) is 23.8 Å². The Hall–Kier alpha value is -3.00. The van der Waals surface area contributed by atoms with E-state index in [1.807, 2.05) is 12.1 Å². The average molecular weight is 454 g/mol. The third-order valence-electron chi connectivity index (χ3n) is 7.38. The topological polar surface area (TPSA) is 59.1 Å². The van der Waals surface area contributed by atoms with Crippen LogP contribution in [0.15, 0.2) is 36.4 Å². The molecule has 2 aromatic carbocycles. The molecule has 0 N–H and O–H groups in total. The predicted molar refractivity (Wildman–Crippen MR) is 114 cm³/mol. The fraction of sp³-hybridized carbons (Fsp3) is 0.440. The zero-order valence-electron chi connectivity index (χ0n) is 18.1. The molecule has 3 saturated heterocycles. The molecule has 0 unspecified atom stereocenters. The molecule has 33 heavy (non-hydrogen) atoms. The smallest absolute Gasteiger partial charge is 0.257 e. The summed E-state index contributed by atoms with van der Waals surface area (Å²) >= 11 is 0. The minimum absolute atomic E-state index is 0.0568. The summed E-state index contributed by atoms with van der Waals surface area (Å²) < 4.78 is 39.4. The maximum atomic E-state index is 13.8. The molecule has 2 amide bonds. The van der Waals surface area contributed by atoms with E-state index in [2.05, 4.69) is 0 Å². The molecule has 4 aliphatic heterocycles. The third kappa shape index (κ3) is 3.30. The van der Waals surface area contributed by atoms with Crippen molar-refractivity contribution in [3.8, 4) is 5.75 Å². The van der Waals surface area contributed by atoms with Crippen LogP contribution >= 0.6 is 0 Å². The molecular weight excluding hydrogens is 430 g/mol. The van der Waals surface area contributed by atoms with Crippen molar-refractivity contribution in [1.82, 2.24) is 9.80 Å². The lowest BCUT2D eigenvalue weighted by Gasteiger charge is -2.37. The lowest BCUT2D eigenvalue weighted by atomic mass is 9.89. The van der Waals surface area contributed by atoms with Crippen molar-refractivity contribution in [3.63, 3.8) is 0 Å². The van der Waals surface area contributed by atoms with E-state index >= 15 is 0 Å². The average Bonchev–Trinajstić information content (AvgIpc) is 3.49. The van der Waals surface area contributed by atoms with Crippen LogP contribution in [0.25, 0.3) is 0 Å². The lowest BCUT2D eigenvalue weighted by Crippen LogP contribution is -2.51. The SMILES string of the molecule is O=C(c1ccc2c(c1)CCO2)N1CCC2(CC1)O[C@@H]1CC[C@@H](c3cc(F)cc(F)c3)N1C2=O. The summed E-state index contributed by atoms with van der Waals surface area (Å²) in [5.74, 6) is -0.663. The molecule has 0 saturated carbocycles. The van der Waals surface area contributed by atoms with Crippen LogP contribution in [0.1, 0.15) is 53.2 Å². The Balaban J connectivity index is 1.17. The highest BCUT2D eigenvalue weighted by atomic mass is 19.1. The minimum Gasteiger partial charge on any atom is -0.493 e. The number of carbonyl (C=O) groups is 2. The lowest BCUT2D eigenvalue weighted by molar-refractivity contribution is -0.142. The predicted octanol–water partition coefficient (Wildman–Crippen LogP) is 3.59. The Kier molecular flexibility index (Phi) is 4.69. The maximum absolute atomic E-state index is 13.8. The fourth-order valence-corrected chi connectivity index (χ4v) is 5.71. The van der Waals surface area contributed by atoms with Crippen molar-refractivity contribution < 1.29 is 27.8 Å². The molecule has 2 atom stereocenters. The zero-order valence-corrected chi connectivity index (χ0v) is 18.1. The standard InChI is InChI=1S/C25H24F2N2O4/c26-18-12-17(13-19(27)14-18)20-2-4-22-29(20)24(31)25(33-22)6-8-28(9-7-25)23(30)16-1-3-21-15(11-16)5-10-32-21/h1,3,11-14,20,22H,2,4-10H2/t20-,22+/m0/s1. The molecule has 4 aliphatic rings. The highest BCUT2D eigenvalue weighted by Crippen LogP contribution is 2.47. The monoisotopic (exact) mass is 454 g/mol. The Morgan fingerprint density at radius 1 is 1.03 bits per heavy atom. The van der Waals surface area contributed by atoms with E-state index in [1.54, 1.807) is 15.9 Å². The van der Waals surface area contributed by atoms with Crippen LogP contribution in [-0.4, -0.2) is 53.1 Å². The molecule has 0 aromatic heterocycles. The van der Waals surface area contributed by atoms with Gasteiger partial charge in [-0.25, -0.2) is 8.78 Å². The Bertz CT molecular complexity index is 1120. The van der Waals surface area contributed by atoms with Gasteiger partial charge >= 0.3 is 0 Å². The highest BCUT2D eigenvalue weighted by molar-refractivity contribution is 5.95. The molecule has 0 radical (unpaired) electrons. The first-order chi connectivity index (χ1) is 15.9. The van der Waals surface area contributed by atoms with Crippen LogP contribution in [0.5, 0.6) is 5.75 Å².